The van der Waals surface area contributed by atoms with Gasteiger partial charge in [0.05, 0.1) is 6.10 Å². The van der Waals surface area contributed by atoms with Crippen molar-refractivity contribution in [2.45, 2.75) is 131 Å². The summed E-state index contributed by atoms with van der Waals surface area (Å²) in [5.74, 6) is 5.66. The minimum atomic E-state index is -0.00446. The van der Waals surface area contributed by atoms with E-state index in [1.807, 2.05) is 13.8 Å². The van der Waals surface area contributed by atoms with Gasteiger partial charge in [-0.25, -0.2) is 0 Å². The van der Waals surface area contributed by atoms with Gasteiger partial charge in [-0.15, -0.1) is 0 Å². The van der Waals surface area contributed by atoms with E-state index in [9.17, 15) is 5.11 Å². The summed E-state index contributed by atoms with van der Waals surface area (Å²) in [7, 11) is 0. The van der Waals surface area contributed by atoms with E-state index in [0.29, 0.717) is 10.8 Å². The second-order valence-electron chi connectivity index (χ2n) is 12.1. The molecule has 0 saturated heterocycles. The minimum Gasteiger partial charge on any atom is -0.393 e. The molecule has 4 saturated carbocycles. The largest absolute Gasteiger partial charge is 0.393 e. The van der Waals surface area contributed by atoms with Crippen LogP contribution in [0.3, 0.4) is 0 Å². The Labute approximate surface area is 182 Å². The van der Waals surface area contributed by atoms with Crippen molar-refractivity contribution >= 4 is 0 Å². The van der Waals surface area contributed by atoms with Gasteiger partial charge in [-0.3, -0.25) is 0 Å². The first-order valence-corrected chi connectivity index (χ1v) is 13.5. The number of unbranched alkanes of at least 4 members (excludes halogenated alkanes) is 1. The third-order valence-corrected chi connectivity index (χ3v) is 10.4. The van der Waals surface area contributed by atoms with Gasteiger partial charge in [-0.05, 0) is 111 Å². The molecule has 0 aromatic carbocycles. The summed E-state index contributed by atoms with van der Waals surface area (Å²) in [6.45, 7) is 14.1. The van der Waals surface area contributed by atoms with Crippen molar-refractivity contribution in [3.05, 3.63) is 0 Å². The highest BCUT2D eigenvalue weighted by Gasteiger charge is 2.59. The molecule has 1 nitrogen and oxygen atoms in total. The van der Waals surface area contributed by atoms with Gasteiger partial charge in [0.25, 0.3) is 0 Å². The van der Waals surface area contributed by atoms with Crippen LogP contribution in [-0.4, -0.2) is 11.2 Å². The first-order valence-electron chi connectivity index (χ1n) is 13.5. The molecule has 4 aliphatic carbocycles. The zero-order chi connectivity index (χ0) is 21.2. The van der Waals surface area contributed by atoms with Crippen LogP contribution in [0.1, 0.15) is 125 Å². The van der Waals surface area contributed by atoms with E-state index in [2.05, 4.69) is 27.7 Å². The van der Waals surface area contributed by atoms with Crippen molar-refractivity contribution in [1.29, 1.82) is 0 Å². The third-order valence-electron chi connectivity index (χ3n) is 10.4. The van der Waals surface area contributed by atoms with E-state index >= 15 is 0 Å². The van der Waals surface area contributed by atoms with Crippen molar-refractivity contribution in [1.82, 2.24) is 0 Å². The maximum absolute atomic E-state index is 10.2. The molecule has 29 heavy (non-hydrogen) atoms. The minimum absolute atomic E-state index is 0.00446. The van der Waals surface area contributed by atoms with Crippen LogP contribution in [0, 0.1) is 46.3 Å². The molecule has 0 aromatic heterocycles. The fourth-order valence-electron chi connectivity index (χ4n) is 8.76. The van der Waals surface area contributed by atoms with E-state index < -0.39 is 0 Å². The lowest BCUT2D eigenvalue weighted by Gasteiger charge is -2.61. The van der Waals surface area contributed by atoms with Gasteiger partial charge in [-0.1, -0.05) is 60.8 Å². The lowest BCUT2D eigenvalue weighted by molar-refractivity contribution is -0.127. The molecule has 0 heterocycles. The number of hydrogen-bond donors (Lipinski definition) is 1. The molecule has 7 unspecified atom stereocenters. The van der Waals surface area contributed by atoms with Crippen LogP contribution >= 0.6 is 0 Å². The van der Waals surface area contributed by atoms with Crippen molar-refractivity contribution < 1.29 is 5.11 Å². The van der Waals surface area contributed by atoms with Crippen LogP contribution in [-0.2, 0) is 0 Å². The van der Waals surface area contributed by atoms with Crippen LogP contribution in [0.5, 0.6) is 0 Å². The lowest BCUT2D eigenvalue weighted by Crippen LogP contribution is -2.53. The van der Waals surface area contributed by atoms with Gasteiger partial charge in [-0.2, -0.15) is 0 Å². The van der Waals surface area contributed by atoms with E-state index in [-0.39, 0.29) is 6.10 Å². The molecule has 4 fully saturated rings. The fourth-order valence-corrected chi connectivity index (χ4v) is 8.76. The molecule has 170 valence electrons. The Hall–Kier alpha value is -0.0400. The van der Waals surface area contributed by atoms with Gasteiger partial charge in [0.15, 0.2) is 0 Å². The fraction of sp³-hybridized carbons (Fsp3) is 1.00. The Morgan fingerprint density at radius 1 is 0.828 bits per heavy atom. The maximum atomic E-state index is 10.2. The van der Waals surface area contributed by atoms with Crippen molar-refractivity contribution in [2.75, 3.05) is 0 Å². The first-order chi connectivity index (χ1) is 13.8. The molecule has 0 aromatic rings. The van der Waals surface area contributed by atoms with Gasteiger partial charge >= 0.3 is 0 Å². The highest BCUT2D eigenvalue weighted by Crippen LogP contribution is 2.67. The highest BCUT2D eigenvalue weighted by atomic mass is 16.3. The summed E-state index contributed by atoms with van der Waals surface area (Å²) in [6.07, 6.45) is 18.2. The van der Waals surface area contributed by atoms with Crippen molar-refractivity contribution in [3.63, 3.8) is 0 Å². The predicted molar refractivity (Wildman–Crippen MR) is 126 cm³/mol. The van der Waals surface area contributed by atoms with E-state index in [1.165, 1.54) is 70.6 Å². The maximum Gasteiger partial charge on any atom is 0.0543 e. The molecule has 8 atom stereocenters. The zero-order valence-electron chi connectivity index (χ0n) is 20.7. The summed E-state index contributed by atoms with van der Waals surface area (Å²) in [4.78, 5) is 0. The first kappa shape index (κ1) is 23.6. The van der Waals surface area contributed by atoms with Crippen molar-refractivity contribution in [3.8, 4) is 0 Å². The summed E-state index contributed by atoms with van der Waals surface area (Å²) in [6, 6.07) is 0. The Balaban J connectivity index is 0.00000117. The second-order valence-corrected chi connectivity index (χ2v) is 12.1. The number of fused-ring (bicyclic) bond motifs is 5. The summed E-state index contributed by atoms with van der Waals surface area (Å²) in [5, 5.41) is 10.2. The zero-order valence-corrected chi connectivity index (χ0v) is 20.7. The molecule has 0 bridgehead atoms. The average Bonchev–Trinajstić information content (AvgIpc) is 3.03. The summed E-state index contributed by atoms with van der Waals surface area (Å²) < 4.78 is 0. The summed E-state index contributed by atoms with van der Waals surface area (Å²) in [5.41, 5.74) is 1.19. The summed E-state index contributed by atoms with van der Waals surface area (Å²) >= 11 is 0. The van der Waals surface area contributed by atoms with E-state index in [1.54, 1.807) is 0 Å². The van der Waals surface area contributed by atoms with Crippen LogP contribution in [0.4, 0.5) is 0 Å². The van der Waals surface area contributed by atoms with Gasteiger partial charge in [0, 0.05) is 0 Å². The van der Waals surface area contributed by atoms with E-state index in [4.69, 9.17) is 0 Å². The Bertz CT molecular complexity index is 512. The monoisotopic (exact) mass is 404 g/mol. The number of aliphatic hydroxyl groups excluding tert-OH is 1. The number of hydrogen-bond acceptors (Lipinski definition) is 1. The predicted octanol–water partition coefficient (Wildman–Crippen LogP) is 8.25. The molecule has 0 aliphatic heterocycles. The molecule has 4 aliphatic rings. The van der Waals surface area contributed by atoms with Gasteiger partial charge in [0.1, 0.15) is 0 Å². The highest BCUT2D eigenvalue weighted by molar-refractivity contribution is 5.09. The number of aliphatic hydroxyl groups is 1. The van der Waals surface area contributed by atoms with Crippen LogP contribution in [0.2, 0.25) is 0 Å². The lowest BCUT2D eigenvalue weighted by atomic mass is 9.44. The molecule has 1 N–H and O–H groups in total. The third kappa shape index (κ3) is 4.47. The molecular formula is C28H52O. The Kier molecular flexibility index (Phi) is 7.84. The van der Waals surface area contributed by atoms with Crippen LogP contribution in [0.25, 0.3) is 0 Å². The smallest absolute Gasteiger partial charge is 0.0543 e. The molecule has 4 rings (SSSR count). The molecular weight excluding hydrogens is 352 g/mol. The van der Waals surface area contributed by atoms with Crippen molar-refractivity contribution in [2.24, 2.45) is 46.3 Å². The molecule has 0 radical (unpaired) electrons. The SMILES string of the molecule is CC.CC(C)CCCC[C@H]1CCC2C3CCC4CC(O)CCC4(C)C3CCC21C. The van der Waals surface area contributed by atoms with Crippen LogP contribution in [0.15, 0.2) is 0 Å². The van der Waals surface area contributed by atoms with Crippen LogP contribution < -0.4 is 0 Å². The molecule has 0 amide bonds. The number of rotatable bonds is 5. The van der Waals surface area contributed by atoms with E-state index in [0.717, 1.165) is 48.3 Å². The Morgan fingerprint density at radius 2 is 1.52 bits per heavy atom. The van der Waals surface area contributed by atoms with Gasteiger partial charge in [0.2, 0.25) is 0 Å². The standard InChI is InChI=1S/C26H46O.C2H6/c1-18(2)7-5-6-8-19-10-12-23-22-11-9-20-17-21(27)13-15-26(20,4)24(22)14-16-25(19,23)3;1-2/h18-24,27H,5-17H2,1-4H3;1-2H3/t19-,20?,21?,22?,23?,24?,25?,26?;/m0./s1. The normalized spacial score (nSPS) is 46.3. The second kappa shape index (κ2) is 9.62. The Morgan fingerprint density at radius 3 is 2.24 bits per heavy atom. The average molecular weight is 405 g/mol. The van der Waals surface area contributed by atoms with Gasteiger partial charge < -0.3 is 5.11 Å². The molecule has 0 spiro atoms. The topological polar surface area (TPSA) is 20.2 Å². The quantitative estimate of drug-likeness (QED) is 0.457. The molecule has 1 heteroatoms.